The fourth-order valence-corrected chi connectivity index (χ4v) is 2.80. The van der Waals surface area contributed by atoms with Gasteiger partial charge in [0, 0.05) is 33.6 Å². The summed E-state index contributed by atoms with van der Waals surface area (Å²) in [5, 5.41) is 12.8. The maximum Gasteiger partial charge on any atom is 0.0851 e. The minimum absolute atomic E-state index is 0.398. The lowest BCUT2D eigenvalue weighted by Crippen LogP contribution is -2.04. The van der Waals surface area contributed by atoms with E-state index in [0.29, 0.717) is 16.5 Å². The van der Waals surface area contributed by atoms with Crippen molar-refractivity contribution in [3.8, 4) is 0 Å². The van der Waals surface area contributed by atoms with Gasteiger partial charge in [-0.25, -0.2) is 0 Å². The van der Waals surface area contributed by atoms with Crippen LogP contribution in [-0.4, -0.2) is 10.1 Å². The van der Waals surface area contributed by atoms with Gasteiger partial charge < -0.3 is 5.11 Å². The fourth-order valence-electron chi connectivity index (χ4n) is 2.41. The molecule has 0 saturated heterocycles. The van der Waals surface area contributed by atoms with Gasteiger partial charge in [-0.2, -0.15) is 0 Å². The first-order valence-corrected chi connectivity index (χ1v) is 7.36. The number of para-hydroxylation sites is 1. The topological polar surface area (TPSA) is 33.1 Å². The molecule has 1 atom stereocenters. The number of benzene rings is 2. The molecular weight excluding hydrogens is 305 g/mol. The Morgan fingerprint density at radius 1 is 1.05 bits per heavy atom. The SMILES string of the molecule is OC(Cc1cc(Cl)ccc1Cl)c1cccc2cccnc12. The summed E-state index contributed by atoms with van der Waals surface area (Å²) in [6.45, 7) is 0. The molecule has 4 heteroatoms. The fraction of sp³-hybridized carbons (Fsp3) is 0.118. The molecule has 0 aliphatic carbocycles. The number of pyridine rings is 1. The summed E-state index contributed by atoms with van der Waals surface area (Å²) in [5.41, 5.74) is 2.43. The van der Waals surface area contributed by atoms with Gasteiger partial charge in [0.2, 0.25) is 0 Å². The van der Waals surface area contributed by atoms with Crippen LogP contribution in [0.5, 0.6) is 0 Å². The van der Waals surface area contributed by atoms with E-state index < -0.39 is 6.10 Å². The number of aromatic nitrogens is 1. The molecule has 0 aliphatic heterocycles. The van der Waals surface area contributed by atoms with E-state index in [0.717, 1.165) is 22.0 Å². The standard InChI is InChI=1S/C17H13Cl2NO/c18-13-6-7-15(19)12(9-13)10-16(21)14-5-1-3-11-4-2-8-20-17(11)14/h1-9,16,21H,10H2. The van der Waals surface area contributed by atoms with E-state index in [1.54, 1.807) is 24.4 Å². The van der Waals surface area contributed by atoms with E-state index >= 15 is 0 Å². The molecule has 1 N–H and O–H groups in total. The van der Waals surface area contributed by atoms with Crippen molar-refractivity contribution in [3.63, 3.8) is 0 Å². The maximum atomic E-state index is 10.5. The zero-order chi connectivity index (χ0) is 14.8. The van der Waals surface area contributed by atoms with Crippen LogP contribution in [0.15, 0.2) is 54.7 Å². The second-order valence-electron chi connectivity index (χ2n) is 4.88. The molecule has 21 heavy (non-hydrogen) atoms. The Morgan fingerprint density at radius 2 is 1.86 bits per heavy atom. The van der Waals surface area contributed by atoms with Crippen LogP contribution >= 0.6 is 23.2 Å². The lowest BCUT2D eigenvalue weighted by atomic mass is 9.99. The van der Waals surface area contributed by atoms with Gasteiger partial charge >= 0.3 is 0 Å². The van der Waals surface area contributed by atoms with Gasteiger partial charge in [0.25, 0.3) is 0 Å². The molecule has 0 fully saturated rings. The van der Waals surface area contributed by atoms with Gasteiger partial charge in [0.05, 0.1) is 11.6 Å². The van der Waals surface area contributed by atoms with Crippen molar-refractivity contribution in [1.82, 2.24) is 4.98 Å². The van der Waals surface area contributed by atoms with Gasteiger partial charge in [-0.05, 0) is 29.8 Å². The summed E-state index contributed by atoms with van der Waals surface area (Å²) in [5.74, 6) is 0. The highest BCUT2D eigenvalue weighted by molar-refractivity contribution is 6.33. The predicted octanol–water partition coefficient (Wildman–Crippen LogP) is 4.82. The van der Waals surface area contributed by atoms with Crippen LogP contribution in [-0.2, 0) is 6.42 Å². The number of aliphatic hydroxyl groups is 1. The van der Waals surface area contributed by atoms with Gasteiger partial charge in [0.15, 0.2) is 0 Å². The van der Waals surface area contributed by atoms with Crippen LogP contribution < -0.4 is 0 Å². The summed E-state index contributed by atoms with van der Waals surface area (Å²) in [6.07, 6.45) is 1.44. The number of hydrogen-bond donors (Lipinski definition) is 1. The molecule has 0 spiro atoms. The predicted molar refractivity (Wildman–Crippen MR) is 86.9 cm³/mol. The van der Waals surface area contributed by atoms with Gasteiger partial charge in [-0.15, -0.1) is 0 Å². The van der Waals surface area contributed by atoms with Crippen LogP contribution in [0.4, 0.5) is 0 Å². The minimum Gasteiger partial charge on any atom is -0.388 e. The first-order valence-electron chi connectivity index (χ1n) is 6.61. The average molecular weight is 318 g/mol. The molecule has 0 saturated carbocycles. The lowest BCUT2D eigenvalue weighted by molar-refractivity contribution is 0.180. The summed E-state index contributed by atoms with van der Waals surface area (Å²) in [6, 6.07) is 14.9. The minimum atomic E-state index is -0.681. The summed E-state index contributed by atoms with van der Waals surface area (Å²) in [4.78, 5) is 4.36. The molecule has 106 valence electrons. The molecule has 0 amide bonds. The average Bonchev–Trinajstić information content (AvgIpc) is 2.50. The molecule has 3 rings (SSSR count). The monoisotopic (exact) mass is 317 g/mol. The number of aliphatic hydroxyl groups excluding tert-OH is 1. The summed E-state index contributed by atoms with van der Waals surface area (Å²) >= 11 is 12.1. The molecule has 0 bridgehead atoms. The van der Waals surface area contributed by atoms with Crippen LogP contribution in [0.2, 0.25) is 10.0 Å². The second kappa shape index (κ2) is 6.02. The zero-order valence-electron chi connectivity index (χ0n) is 11.1. The van der Waals surface area contributed by atoms with Crippen molar-refractivity contribution in [2.45, 2.75) is 12.5 Å². The highest BCUT2D eigenvalue weighted by atomic mass is 35.5. The van der Waals surface area contributed by atoms with Crippen LogP contribution in [0.3, 0.4) is 0 Å². The Balaban J connectivity index is 1.97. The maximum absolute atomic E-state index is 10.5. The van der Waals surface area contributed by atoms with Crippen molar-refractivity contribution in [2.75, 3.05) is 0 Å². The molecule has 1 unspecified atom stereocenters. The molecule has 3 aromatic rings. The molecule has 1 aromatic heterocycles. The molecule has 0 radical (unpaired) electrons. The van der Waals surface area contributed by atoms with Crippen molar-refractivity contribution >= 4 is 34.1 Å². The Bertz CT molecular complexity index is 783. The lowest BCUT2D eigenvalue weighted by Gasteiger charge is -2.14. The number of nitrogens with zero attached hydrogens (tertiary/aromatic N) is 1. The van der Waals surface area contributed by atoms with Crippen LogP contribution in [0.25, 0.3) is 10.9 Å². The van der Waals surface area contributed by atoms with E-state index in [1.807, 2.05) is 30.3 Å². The number of fused-ring (bicyclic) bond motifs is 1. The summed E-state index contributed by atoms with van der Waals surface area (Å²) < 4.78 is 0. The van der Waals surface area contributed by atoms with Gasteiger partial charge in [-0.3, -0.25) is 4.98 Å². The van der Waals surface area contributed by atoms with E-state index in [2.05, 4.69) is 4.98 Å². The van der Waals surface area contributed by atoms with Crippen LogP contribution in [0.1, 0.15) is 17.2 Å². The third-order valence-corrected chi connectivity index (χ3v) is 4.05. The van der Waals surface area contributed by atoms with Gasteiger partial charge in [0.1, 0.15) is 0 Å². The van der Waals surface area contributed by atoms with Crippen molar-refractivity contribution in [1.29, 1.82) is 0 Å². The molecule has 0 aliphatic rings. The molecule has 2 nitrogen and oxygen atoms in total. The number of hydrogen-bond acceptors (Lipinski definition) is 2. The smallest absolute Gasteiger partial charge is 0.0851 e. The first kappa shape index (κ1) is 14.3. The Labute approximate surface area is 133 Å². The van der Waals surface area contributed by atoms with Crippen molar-refractivity contribution < 1.29 is 5.11 Å². The molecule has 1 heterocycles. The van der Waals surface area contributed by atoms with Crippen molar-refractivity contribution in [3.05, 3.63) is 75.9 Å². The van der Waals surface area contributed by atoms with Gasteiger partial charge in [-0.1, -0.05) is 47.5 Å². The van der Waals surface area contributed by atoms with Crippen LogP contribution in [0, 0.1) is 0 Å². The highest BCUT2D eigenvalue weighted by Gasteiger charge is 2.14. The molecule has 2 aromatic carbocycles. The van der Waals surface area contributed by atoms with E-state index in [-0.39, 0.29) is 0 Å². The highest BCUT2D eigenvalue weighted by Crippen LogP contribution is 2.29. The second-order valence-corrected chi connectivity index (χ2v) is 5.72. The van der Waals surface area contributed by atoms with Crippen molar-refractivity contribution in [2.24, 2.45) is 0 Å². The largest absolute Gasteiger partial charge is 0.388 e. The zero-order valence-corrected chi connectivity index (χ0v) is 12.6. The third-order valence-electron chi connectivity index (χ3n) is 3.44. The third kappa shape index (κ3) is 3.03. The Kier molecular flexibility index (Phi) is 4.11. The summed E-state index contributed by atoms with van der Waals surface area (Å²) in [7, 11) is 0. The Hall–Kier alpha value is -1.61. The van der Waals surface area contributed by atoms with E-state index in [4.69, 9.17) is 23.2 Å². The first-order chi connectivity index (χ1) is 10.1. The molecular formula is C17H13Cl2NO. The van der Waals surface area contributed by atoms with E-state index in [1.165, 1.54) is 0 Å². The number of halogens is 2. The number of rotatable bonds is 3. The van der Waals surface area contributed by atoms with E-state index in [9.17, 15) is 5.11 Å². The Morgan fingerprint density at radius 3 is 2.71 bits per heavy atom. The quantitative estimate of drug-likeness (QED) is 0.751. The normalized spacial score (nSPS) is 12.5.